The van der Waals surface area contributed by atoms with Crippen molar-refractivity contribution in [2.75, 3.05) is 13.2 Å². The second kappa shape index (κ2) is 10.4. The molecule has 2 aromatic rings. The molecule has 0 N–H and O–H groups in total. The van der Waals surface area contributed by atoms with E-state index in [1.54, 1.807) is 0 Å². The summed E-state index contributed by atoms with van der Waals surface area (Å²) in [6.07, 6.45) is 4.46. The quantitative estimate of drug-likeness (QED) is 0.475. The second-order valence-corrected chi connectivity index (χ2v) is 5.70. The first-order valence-electron chi connectivity index (χ1n) is 8.79. The molecule has 24 heavy (non-hydrogen) atoms. The number of ether oxygens (including phenoxy) is 2. The highest BCUT2D eigenvalue weighted by Crippen LogP contribution is 2.14. The standard InChI is InChI=1S/C22H26O2/c1-3-5-17-23-21-13-9-19(10-14-21)7-8-20-11-15-22(16-12-20)24-18-6-4-2/h9-16H,3-6,17-18H2,1-2H3. The molecule has 0 unspecified atom stereocenters. The van der Waals surface area contributed by atoms with E-state index in [1.807, 2.05) is 48.5 Å². The van der Waals surface area contributed by atoms with Gasteiger partial charge in [-0.25, -0.2) is 0 Å². The van der Waals surface area contributed by atoms with E-state index in [1.165, 1.54) is 0 Å². The molecule has 2 aromatic carbocycles. The Kier molecular flexibility index (Phi) is 7.77. The van der Waals surface area contributed by atoms with Crippen LogP contribution in [0.4, 0.5) is 0 Å². The third kappa shape index (κ3) is 6.38. The van der Waals surface area contributed by atoms with Gasteiger partial charge in [0.05, 0.1) is 13.2 Å². The average Bonchev–Trinajstić information content (AvgIpc) is 2.63. The highest BCUT2D eigenvalue weighted by molar-refractivity contribution is 5.45. The van der Waals surface area contributed by atoms with E-state index in [4.69, 9.17) is 9.47 Å². The van der Waals surface area contributed by atoms with Crippen LogP contribution in [0.5, 0.6) is 11.5 Å². The van der Waals surface area contributed by atoms with Crippen molar-refractivity contribution < 1.29 is 9.47 Å². The minimum atomic E-state index is 0.772. The van der Waals surface area contributed by atoms with E-state index in [0.717, 1.165) is 61.5 Å². The average molecular weight is 322 g/mol. The molecule has 2 nitrogen and oxygen atoms in total. The van der Waals surface area contributed by atoms with Crippen molar-refractivity contribution in [2.24, 2.45) is 0 Å². The smallest absolute Gasteiger partial charge is 0.119 e. The molecule has 0 aromatic heterocycles. The lowest BCUT2D eigenvalue weighted by atomic mass is 10.2. The van der Waals surface area contributed by atoms with Gasteiger partial charge in [-0.15, -0.1) is 0 Å². The Hall–Kier alpha value is -2.40. The summed E-state index contributed by atoms with van der Waals surface area (Å²) >= 11 is 0. The fraction of sp³-hybridized carbons (Fsp3) is 0.364. The molecule has 0 radical (unpaired) electrons. The van der Waals surface area contributed by atoms with E-state index in [0.29, 0.717) is 0 Å². The fourth-order valence-corrected chi connectivity index (χ4v) is 2.08. The second-order valence-electron chi connectivity index (χ2n) is 5.70. The van der Waals surface area contributed by atoms with E-state index < -0.39 is 0 Å². The topological polar surface area (TPSA) is 18.5 Å². The van der Waals surface area contributed by atoms with Crippen molar-refractivity contribution in [1.29, 1.82) is 0 Å². The summed E-state index contributed by atoms with van der Waals surface area (Å²) in [5, 5.41) is 0. The van der Waals surface area contributed by atoms with Crippen molar-refractivity contribution in [1.82, 2.24) is 0 Å². The van der Waals surface area contributed by atoms with E-state index in [9.17, 15) is 0 Å². The van der Waals surface area contributed by atoms with Crippen LogP contribution in [-0.4, -0.2) is 13.2 Å². The Morgan fingerprint density at radius 1 is 0.625 bits per heavy atom. The SMILES string of the molecule is CCCCOc1ccc(C#Cc2ccc(OCCCC)cc2)cc1. The zero-order chi connectivity index (χ0) is 17.0. The lowest BCUT2D eigenvalue weighted by molar-refractivity contribution is 0.309. The Balaban J connectivity index is 1.89. The van der Waals surface area contributed by atoms with Crippen LogP contribution in [-0.2, 0) is 0 Å². The summed E-state index contributed by atoms with van der Waals surface area (Å²) in [4.78, 5) is 0. The molecule has 0 saturated heterocycles. The van der Waals surface area contributed by atoms with Crippen LogP contribution in [0.2, 0.25) is 0 Å². The van der Waals surface area contributed by atoms with Gasteiger partial charge in [0.25, 0.3) is 0 Å². The molecule has 0 bridgehead atoms. The van der Waals surface area contributed by atoms with Gasteiger partial charge < -0.3 is 9.47 Å². The molecule has 0 heterocycles. The number of hydrogen-bond donors (Lipinski definition) is 0. The van der Waals surface area contributed by atoms with Gasteiger partial charge in [0.15, 0.2) is 0 Å². The van der Waals surface area contributed by atoms with Gasteiger partial charge in [-0.1, -0.05) is 38.5 Å². The first-order valence-corrected chi connectivity index (χ1v) is 8.79. The Labute approximate surface area is 145 Å². The predicted molar refractivity (Wildman–Crippen MR) is 99.7 cm³/mol. The summed E-state index contributed by atoms with van der Waals surface area (Å²) in [6, 6.07) is 15.9. The molecular formula is C22H26O2. The molecular weight excluding hydrogens is 296 g/mol. The summed E-state index contributed by atoms with van der Waals surface area (Å²) in [5.41, 5.74) is 1.97. The van der Waals surface area contributed by atoms with Gasteiger partial charge in [0, 0.05) is 11.1 Å². The summed E-state index contributed by atoms with van der Waals surface area (Å²) in [5.74, 6) is 8.17. The van der Waals surface area contributed by atoms with Crippen LogP contribution in [0, 0.1) is 11.8 Å². The first kappa shape index (κ1) is 17.9. The number of hydrogen-bond acceptors (Lipinski definition) is 2. The van der Waals surface area contributed by atoms with E-state index in [-0.39, 0.29) is 0 Å². The summed E-state index contributed by atoms with van der Waals surface area (Å²) in [6.45, 7) is 5.86. The van der Waals surface area contributed by atoms with Crippen LogP contribution in [0.25, 0.3) is 0 Å². The minimum Gasteiger partial charge on any atom is -0.494 e. The molecule has 0 amide bonds. The van der Waals surface area contributed by atoms with E-state index >= 15 is 0 Å². The van der Waals surface area contributed by atoms with Gasteiger partial charge in [-0.2, -0.15) is 0 Å². The molecule has 2 rings (SSSR count). The normalized spacial score (nSPS) is 9.92. The molecule has 0 aliphatic rings. The number of unbranched alkanes of at least 4 members (excludes halogenated alkanes) is 2. The molecule has 0 aliphatic heterocycles. The molecule has 126 valence electrons. The Bertz CT molecular complexity index is 588. The number of rotatable bonds is 8. The van der Waals surface area contributed by atoms with Crippen LogP contribution >= 0.6 is 0 Å². The van der Waals surface area contributed by atoms with Gasteiger partial charge in [0.2, 0.25) is 0 Å². The highest BCUT2D eigenvalue weighted by Gasteiger charge is 1.95. The van der Waals surface area contributed by atoms with Crippen molar-refractivity contribution in [3.05, 3.63) is 59.7 Å². The van der Waals surface area contributed by atoms with Crippen LogP contribution < -0.4 is 9.47 Å². The monoisotopic (exact) mass is 322 g/mol. The Morgan fingerprint density at radius 3 is 1.33 bits per heavy atom. The van der Waals surface area contributed by atoms with Gasteiger partial charge >= 0.3 is 0 Å². The first-order chi connectivity index (χ1) is 11.8. The molecule has 0 aliphatic carbocycles. The van der Waals surface area contributed by atoms with Crippen molar-refractivity contribution in [3.63, 3.8) is 0 Å². The van der Waals surface area contributed by atoms with Crippen molar-refractivity contribution in [2.45, 2.75) is 39.5 Å². The zero-order valence-electron chi connectivity index (χ0n) is 14.7. The predicted octanol–water partition coefficient (Wildman–Crippen LogP) is 5.44. The summed E-state index contributed by atoms with van der Waals surface area (Å²) < 4.78 is 11.3. The molecule has 2 heteroatoms. The van der Waals surface area contributed by atoms with Crippen LogP contribution in [0.15, 0.2) is 48.5 Å². The van der Waals surface area contributed by atoms with Gasteiger partial charge in [-0.05, 0) is 61.4 Å². The minimum absolute atomic E-state index is 0.772. The fourth-order valence-electron chi connectivity index (χ4n) is 2.08. The van der Waals surface area contributed by atoms with E-state index in [2.05, 4.69) is 25.7 Å². The van der Waals surface area contributed by atoms with Crippen molar-refractivity contribution >= 4 is 0 Å². The Morgan fingerprint density at radius 2 is 1.00 bits per heavy atom. The summed E-state index contributed by atoms with van der Waals surface area (Å²) in [7, 11) is 0. The number of benzene rings is 2. The largest absolute Gasteiger partial charge is 0.494 e. The maximum Gasteiger partial charge on any atom is 0.119 e. The van der Waals surface area contributed by atoms with Crippen molar-refractivity contribution in [3.8, 4) is 23.3 Å². The van der Waals surface area contributed by atoms with Crippen LogP contribution in [0.3, 0.4) is 0 Å². The lowest BCUT2D eigenvalue weighted by Crippen LogP contribution is -1.96. The molecule has 0 spiro atoms. The maximum atomic E-state index is 5.66. The third-order valence-electron chi connectivity index (χ3n) is 3.59. The zero-order valence-corrected chi connectivity index (χ0v) is 14.7. The van der Waals surface area contributed by atoms with Gasteiger partial charge in [0.1, 0.15) is 11.5 Å². The molecule has 0 atom stereocenters. The van der Waals surface area contributed by atoms with Gasteiger partial charge in [-0.3, -0.25) is 0 Å². The molecule has 0 saturated carbocycles. The molecule has 0 fully saturated rings. The van der Waals surface area contributed by atoms with Crippen LogP contribution in [0.1, 0.15) is 50.7 Å². The third-order valence-corrected chi connectivity index (χ3v) is 3.59. The highest BCUT2D eigenvalue weighted by atomic mass is 16.5. The lowest BCUT2D eigenvalue weighted by Gasteiger charge is -2.04. The maximum absolute atomic E-state index is 5.66.